The quantitative estimate of drug-likeness (QED) is 0.764. The molecule has 0 aliphatic carbocycles. The van der Waals surface area contributed by atoms with E-state index >= 15 is 0 Å². The molecule has 0 bridgehead atoms. The van der Waals surface area contributed by atoms with Crippen LogP contribution in [0.1, 0.15) is 11.1 Å². The van der Waals surface area contributed by atoms with E-state index in [-0.39, 0.29) is 0 Å². The summed E-state index contributed by atoms with van der Waals surface area (Å²) >= 11 is 11.7. The summed E-state index contributed by atoms with van der Waals surface area (Å²) in [6.45, 7) is 6.00. The van der Waals surface area contributed by atoms with Gasteiger partial charge in [0, 0.05) is 42.5 Å². The van der Waals surface area contributed by atoms with Crippen LogP contribution < -0.4 is 4.90 Å². The Bertz CT molecular complexity index is 678. The fraction of sp³-hybridized carbons (Fsp3) is 0.278. The molecule has 1 heterocycles. The van der Waals surface area contributed by atoms with Gasteiger partial charge >= 0.3 is 0 Å². The zero-order valence-electron chi connectivity index (χ0n) is 12.6. The summed E-state index contributed by atoms with van der Waals surface area (Å²) in [5.74, 6) is 0. The van der Waals surface area contributed by atoms with E-state index < -0.39 is 0 Å². The van der Waals surface area contributed by atoms with Crippen molar-refractivity contribution < 1.29 is 0 Å². The fourth-order valence-electron chi connectivity index (χ4n) is 2.80. The van der Waals surface area contributed by atoms with Crippen LogP contribution in [0, 0.1) is 6.92 Å². The predicted molar refractivity (Wildman–Crippen MR) is 98.1 cm³/mol. The lowest BCUT2D eigenvalue weighted by Gasteiger charge is -2.37. The summed E-state index contributed by atoms with van der Waals surface area (Å²) in [5.41, 5.74) is 3.63. The maximum absolute atomic E-state index is 6.06. The van der Waals surface area contributed by atoms with Gasteiger partial charge in [0.25, 0.3) is 0 Å². The average Bonchev–Trinajstić information content (AvgIpc) is 2.54. The van der Waals surface area contributed by atoms with E-state index in [1.54, 1.807) is 0 Å². The van der Waals surface area contributed by atoms with E-state index in [9.17, 15) is 0 Å². The molecule has 1 aliphatic heterocycles. The lowest BCUT2D eigenvalue weighted by molar-refractivity contribution is 0.392. The molecule has 0 N–H and O–H groups in total. The Kier molecular flexibility index (Phi) is 4.65. The van der Waals surface area contributed by atoms with E-state index in [4.69, 9.17) is 23.8 Å². The van der Waals surface area contributed by atoms with Gasteiger partial charge in [-0.3, -0.25) is 0 Å². The number of halogens is 1. The van der Waals surface area contributed by atoms with Gasteiger partial charge in [-0.05, 0) is 36.8 Å². The van der Waals surface area contributed by atoms with Crippen LogP contribution in [-0.2, 0) is 0 Å². The van der Waals surface area contributed by atoms with Gasteiger partial charge < -0.3 is 9.80 Å². The Labute approximate surface area is 142 Å². The minimum Gasteiger partial charge on any atom is -0.368 e. The Morgan fingerprint density at radius 2 is 1.73 bits per heavy atom. The normalized spacial score (nSPS) is 15.0. The van der Waals surface area contributed by atoms with Gasteiger partial charge in [0.2, 0.25) is 0 Å². The minimum atomic E-state index is 0.734. The molecule has 114 valence electrons. The molecule has 0 radical (unpaired) electrons. The average molecular weight is 331 g/mol. The molecule has 1 fully saturated rings. The maximum Gasteiger partial charge on any atom is 0.109 e. The molecule has 2 aromatic carbocycles. The van der Waals surface area contributed by atoms with Gasteiger partial charge in [-0.1, -0.05) is 48.1 Å². The molecule has 0 spiro atoms. The number of benzene rings is 2. The number of piperazine rings is 1. The maximum atomic E-state index is 6.06. The molecule has 1 aliphatic rings. The second-order valence-corrected chi connectivity index (χ2v) is 6.45. The van der Waals surface area contributed by atoms with Crippen molar-refractivity contribution in [1.82, 2.24) is 4.90 Å². The largest absolute Gasteiger partial charge is 0.368 e. The van der Waals surface area contributed by atoms with Crippen molar-refractivity contribution in [2.75, 3.05) is 31.1 Å². The number of hydrogen-bond donors (Lipinski definition) is 0. The van der Waals surface area contributed by atoms with E-state index in [2.05, 4.69) is 41.0 Å². The first-order valence-corrected chi connectivity index (χ1v) is 8.28. The van der Waals surface area contributed by atoms with Crippen molar-refractivity contribution in [3.8, 4) is 0 Å². The minimum absolute atomic E-state index is 0.734. The van der Waals surface area contributed by atoms with Crippen LogP contribution in [0.4, 0.5) is 5.69 Å². The van der Waals surface area contributed by atoms with E-state index in [1.165, 1.54) is 11.3 Å². The standard InChI is InChI=1S/C18H19ClN2S/c1-14-4-2-7-17(12-14)20-8-10-21(11-9-20)18(22)15-5-3-6-16(19)13-15/h2-7,12-13H,8-11H2,1H3. The predicted octanol–water partition coefficient (Wildman–Crippen LogP) is 4.15. The number of nitrogens with zero attached hydrogens (tertiary/aromatic N) is 2. The van der Waals surface area contributed by atoms with Gasteiger partial charge in [-0.2, -0.15) is 0 Å². The first-order valence-electron chi connectivity index (χ1n) is 7.50. The summed E-state index contributed by atoms with van der Waals surface area (Å²) in [5, 5.41) is 0.734. The van der Waals surface area contributed by atoms with Crippen molar-refractivity contribution in [1.29, 1.82) is 0 Å². The van der Waals surface area contributed by atoms with Crippen LogP contribution in [0.5, 0.6) is 0 Å². The monoisotopic (exact) mass is 330 g/mol. The third-order valence-electron chi connectivity index (χ3n) is 4.01. The van der Waals surface area contributed by atoms with Crippen molar-refractivity contribution >= 4 is 34.5 Å². The van der Waals surface area contributed by atoms with Gasteiger partial charge in [0.15, 0.2) is 0 Å². The second kappa shape index (κ2) is 6.67. The van der Waals surface area contributed by atoms with E-state index in [0.29, 0.717) is 0 Å². The third kappa shape index (κ3) is 3.42. The molecule has 0 aromatic heterocycles. The second-order valence-electron chi connectivity index (χ2n) is 5.63. The summed E-state index contributed by atoms with van der Waals surface area (Å²) in [4.78, 5) is 5.59. The molecule has 0 unspecified atom stereocenters. The van der Waals surface area contributed by atoms with Crippen LogP contribution in [-0.4, -0.2) is 36.1 Å². The molecule has 0 amide bonds. The summed E-state index contributed by atoms with van der Waals surface area (Å²) < 4.78 is 0. The lowest BCUT2D eigenvalue weighted by atomic mass is 10.1. The Morgan fingerprint density at radius 1 is 1.00 bits per heavy atom. The number of thiocarbonyl (C=S) groups is 1. The molecule has 4 heteroatoms. The molecule has 22 heavy (non-hydrogen) atoms. The molecule has 2 nitrogen and oxygen atoms in total. The van der Waals surface area contributed by atoms with Gasteiger partial charge in [0.05, 0.1) is 0 Å². The highest BCUT2D eigenvalue weighted by Crippen LogP contribution is 2.20. The van der Waals surface area contributed by atoms with Crippen LogP contribution in [0.3, 0.4) is 0 Å². The van der Waals surface area contributed by atoms with E-state index in [0.717, 1.165) is 41.8 Å². The van der Waals surface area contributed by atoms with Crippen LogP contribution in [0.25, 0.3) is 0 Å². The number of anilines is 1. The highest BCUT2D eigenvalue weighted by Gasteiger charge is 2.20. The Balaban J connectivity index is 1.65. The van der Waals surface area contributed by atoms with Gasteiger partial charge in [-0.15, -0.1) is 0 Å². The highest BCUT2D eigenvalue weighted by atomic mass is 35.5. The summed E-state index contributed by atoms with van der Waals surface area (Å²) in [6, 6.07) is 16.5. The van der Waals surface area contributed by atoms with Crippen LogP contribution in [0.15, 0.2) is 48.5 Å². The van der Waals surface area contributed by atoms with Crippen molar-refractivity contribution in [3.05, 3.63) is 64.7 Å². The zero-order chi connectivity index (χ0) is 15.5. The molecule has 0 atom stereocenters. The Morgan fingerprint density at radius 3 is 2.41 bits per heavy atom. The number of hydrogen-bond acceptors (Lipinski definition) is 2. The molecule has 2 aromatic rings. The number of rotatable bonds is 2. The van der Waals surface area contributed by atoms with Crippen LogP contribution >= 0.6 is 23.8 Å². The van der Waals surface area contributed by atoms with Gasteiger partial charge in [0.1, 0.15) is 4.99 Å². The van der Waals surface area contributed by atoms with E-state index in [1.807, 2.05) is 24.3 Å². The lowest BCUT2D eigenvalue weighted by Crippen LogP contribution is -2.48. The summed E-state index contributed by atoms with van der Waals surface area (Å²) in [6.07, 6.45) is 0. The first kappa shape index (κ1) is 15.3. The number of aryl methyl sites for hydroxylation is 1. The zero-order valence-corrected chi connectivity index (χ0v) is 14.2. The molecule has 0 saturated carbocycles. The Hall–Kier alpha value is -1.58. The third-order valence-corrected chi connectivity index (χ3v) is 4.73. The molecule has 1 saturated heterocycles. The SMILES string of the molecule is Cc1cccc(N2CCN(C(=S)c3cccc(Cl)c3)CC2)c1. The first-order chi connectivity index (χ1) is 10.6. The highest BCUT2D eigenvalue weighted by molar-refractivity contribution is 7.80. The summed E-state index contributed by atoms with van der Waals surface area (Å²) in [7, 11) is 0. The van der Waals surface area contributed by atoms with Crippen molar-refractivity contribution in [3.63, 3.8) is 0 Å². The van der Waals surface area contributed by atoms with Crippen molar-refractivity contribution in [2.24, 2.45) is 0 Å². The molecule has 3 rings (SSSR count). The van der Waals surface area contributed by atoms with Crippen molar-refractivity contribution in [2.45, 2.75) is 6.92 Å². The molecular formula is C18H19ClN2S. The topological polar surface area (TPSA) is 6.48 Å². The molecular weight excluding hydrogens is 312 g/mol. The fourth-order valence-corrected chi connectivity index (χ4v) is 3.30. The smallest absolute Gasteiger partial charge is 0.109 e. The van der Waals surface area contributed by atoms with Crippen LogP contribution in [0.2, 0.25) is 5.02 Å². The van der Waals surface area contributed by atoms with Gasteiger partial charge in [-0.25, -0.2) is 0 Å².